The molecule has 1 atom stereocenters. The number of nitrogens with one attached hydrogen (secondary N) is 1. The molecule has 3 aromatic carbocycles. The second-order valence-electron chi connectivity index (χ2n) is 7.83. The molecule has 2 heteroatoms. The Labute approximate surface area is 161 Å². The number of hydrogen-bond acceptors (Lipinski definition) is 1. The molecule has 0 bridgehead atoms. The van der Waals surface area contributed by atoms with Gasteiger partial charge in [0.25, 0.3) is 0 Å². The Bertz CT molecular complexity index is 959. The average Bonchev–Trinajstić information content (AvgIpc) is 3.39. The van der Waals surface area contributed by atoms with Crippen molar-refractivity contribution < 1.29 is 4.79 Å². The number of benzene rings is 3. The summed E-state index contributed by atoms with van der Waals surface area (Å²) in [7, 11) is 0. The van der Waals surface area contributed by atoms with E-state index in [0.29, 0.717) is 0 Å². The van der Waals surface area contributed by atoms with E-state index in [0.717, 1.165) is 17.7 Å². The fraction of sp³-hybridized carbons (Fsp3) is 0.240. The maximum Gasteiger partial charge on any atom is 0.228 e. The monoisotopic (exact) mass is 355 g/mol. The number of aryl methyl sites for hydroxylation is 3. The summed E-state index contributed by atoms with van der Waals surface area (Å²) < 4.78 is 0. The lowest BCUT2D eigenvalue weighted by molar-refractivity contribution is -0.117. The van der Waals surface area contributed by atoms with Gasteiger partial charge in [0.05, 0.1) is 5.92 Å². The standard InChI is InChI=1S/C25H25NO/c1-17-7-4-10-20(13-17)25(21-11-5-8-18(2)14-21)16-23(25)24(27)26-22-12-6-9-19(3)15-22/h4-15,23H,16H2,1-3H3,(H,26,27). The average molecular weight is 355 g/mol. The van der Waals surface area contributed by atoms with Crippen LogP contribution >= 0.6 is 0 Å². The minimum Gasteiger partial charge on any atom is -0.326 e. The molecule has 0 heterocycles. The second kappa shape index (κ2) is 6.70. The van der Waals surface area contributed by atoms with Crippen molar-refractivity contribution >= 4 is 11.6 Å². The van der Waals surface area contributed by atoms with Crippen molar-refractivity contribution in [2.24, 2.45) is 5.92 Å². The van der Waals surface area contributed by atoms with Gasteiger partial charge in [-0.2, -0.15) is 0 Å². The molecule has 136 valence electrons. The van der Waals surface area contributed by atoms with Crippen LogP contribution in [0.2, 0.25) is 0 Å². The van der Waals surface area contributed by atoms with Gasteiger partial charge in [-0.05, 0) is 56.0 Å². The molecule has 1 aliphatic rings. The first-order valence-corrected chi connectivity index (χ1v) is 9.51. The predicted octanol–water partition coefficient (Wildman–Crippen LogP) is 5.56. The Kier molecular flexibility index (Phi) is 4.35. The SMILES string of the molecule is Cc1cccc(NC(=O)C2CC2(c2cccc(C)c2)c2cccc(C)c2)c1. The third kappa shape index (κ3) is 3.28. The van der Waals surface area contributed by atoms with Gasteiger partial charge in [-0.25, -0.2) is 0 Å². The molecule has 4 rings (SSSR count). The molecule has 0 radical (unpaired) electrons. The number of rotatable bonds is 4. The third-order valence-electron chi connectivity index (χ3n) is 5.63. The van der Waals surface area contributed by atoms with Gasteiger partial charge in [0, 0.05) is 11.1 Å². The first kappa shape index (κ1) is 17.5. The van der Waals surface area contributed by atoms with Crippen LogP contribution in [0.15, 0.2) is 72.8 Å². The van der Waals surface area contributed by atoms with Crippen LogP contribution in [0.4, 0.5) is 5.69 Å². The van der Waals surface area contributed by atoms with E-state index in [9.17, 15) is 4.79 Å². The summed E-state index contributed by atoms with van der Waals surface area (Å²) in [4.78, 5) is 13.1. The molecule has 1 saturated carbocycles. The van der Waals surface area contributed by atoms with Gasteiger partial charge in [-0.3, -0.25) is 4.79 Å². The van der Waals surface area contributed by atoms with Crippen molar-refractivity contribution in [2.75, 3.05) is 5.32 Å². The van der Waals surface area contributed by atoms with E-state index in [-0.39, 0.29) is 17.2 Å². The van der Waals surface area contributed by atoms with Crippen LogP contribution in [0, 0.1) is 26.7 Å². The topological polar surface area (TPSA) is 29.1 Å². The molecule has 1 unspecified atom stereocenters. The van der Waals surface area contributed by atoms with Gasteiger partial charge in [-0.1, -0.05) is 71.8 Å². The van der Waals surface area contributed by atoms with Crippen molar-refractivity contribution in [1.82, 2.24) is 0 Å². The Morgan fingerprint density at radius 2 is 1.33 bits per heavy atom. The highest BCUT2D eigenvalue weighted by molar-refractivity contribution is 5.97. The van der Waals surface area contributed by atoms with Gasteiger partial charge >= 0.3 is 0 Å². The van der Waals surface area contributed by atoms with Crippen molar-refractivity contribution in [2.45, 2.75) is 32.6 Å². The number of hydrogen-bond donors (Lipinski definition) is 1. The lowest BCUT2D eigenvalue weighted by Gasteiger charge is -2.20. The third-order valence-corrected chi connectivity index (χ3v) is 5.63. The van der Waals surface area contributed by atoms with E-state index >= 15 is 0 Å². The first-order valence-electron chi connectivity index (χ1n) is 9.51. The van der Waals surface area contributed by atoms with Crippen LogP contribution in [-0.4, -0.2) is 5.91 Å². The lowest BCUT2D eigenvalue weighted by Crippen LogP contribution is -2.22. The fourth-order valence-corrected chi connectivity index (χ4v) is 4.18. The summed E-state index contributed by atoms with van der Waals surface area (Å²) >= 11 is 0. The number of anilines is 1. The normalized spacial score (nSPS) is 17.4. The molecule has 1 N–H and O–H groups in total. The Morgan fingerprint density at radius 3 is 1.85 bits per heavy atom. The Morgan fingerprint density at radius 1 is 0.815 bits per heavy atom. The van der Waals surface area contributed by atoms with E-state index in [1.54, 1.807) is 0 Å². The number of carbonyl (C=O) groups is 1. The summed E-state index contributed by atoms with van der Waals surface area (Å²) in [5.41, 5.74) is 6.71. The Balaban J connectivity index is 1.70. The van der Waals surface area contributed by atoms with E-state index in [1.807, 2.05) is 31.2 Å². The van der Waals surface area contributed by atoms with Crippen molar-refractivity contribution in [3.8, 4) is 0 Å². The van der Waals surface area contributed by atoms with Crippen molar-refractivity contribution in [3.05, 3.63) is 101 Å². The molecule has 1 aliphatic carbocycles. The van der Waals surface area contributed by atoms with Crippen molar-refractivity contribution in [1.29, 1.82) is 0 Å². The zero-order valence-electron chi connectivity index (χ0n) is 16.1. The number of carbonyl (C=O) groups excluding carboxylic acids is 1. The van der Waals surface area contributed by atoms with Gasteiger partial charge in [0.15, 0.2) is 0 Å². The molecule has 27 heavy (non-hydrogen) atoms. The number of amides is 1. The second-order valence-corrected chi connectivity index (χ2v) is 7.83. The molecule has 1 fully saturated rings. The molecular weight excluding hydrogens is 330 g/mol. The van der Waals surface area contributed by atoms with Crippen LogP contribution in [0.1, 0.15) is 34.2 Å². The molecule has 3 aromatic rings. The minimum atomic E-state index is -0.230. The summed E-state index contributed by atoms with van der Waals surface area (Å²) in [6.07, 6.45) is 0.845. The first-order chi connectivity index (χ1) is 13.0. The minimum absolute atomic E-state index is 0.0541. The smallest absolute Gasteiger partial charge is 0.228 e. The molecule has 2 nitrogen and oxygen atoms in total. The molecule has 0 spiro atoms. The van der Waals surface area contributed by atoms with Crippen LogP contribution in [0.3, 0.4) is 0 Å². The van der Waals surface area contributed by atoms with E-state index in [1.165, 1.54) is 22.3 Å². The van der Waals surface area contributed by atoms with E-state index in [2.05, 4.69) is 67.7 Å². The molecular formula is C25H25NO. The molecule has 0 aliphatic heterocycles. The summed E-state index contributed by atoms with van der Waals surface area (Å²) in [5.74, 6) is 0.0465. The van der Waals surface area contributed by atoms with Crippen LogP contribution < -0.4 is 5.32 Å². The van der Waals surface area contributed by atoms with Gasteiger partial charge in [-0.15, -0.1) is 0 Å². The van der Waals surface area contributed by atoms with Crippen LogP contribution in [-0.2, 0) is 10.2 Å². The zero-order valence-corrected chi connectivity index (χ0v) is 16.1. The lowest BCUT2D eigenvalue weighted by atomic mass is 9.84. The maximum atomic E-state index is 13.1. The highest BCUT2D eigenvalue weighted by atomic mass is 16.2. The summed E-state index contributed by atoms with van der Waals surface area (Å²) in [5, 5.41) is 3.13. The zero-order chi connectivity index (χ0) is 19.0. The molecule has 1 amide bonds. The van der Waals surface area contributed by atoms with Gasteiger partial charge in [0.2, 0.25) is 5.91 Å². The van der Waals surface area contributed by atoms with Gasteiger partial charge in [0.1, 0.15) is 0 Å². The summed E-state index contributed by atoms with van der Waals surface area (Å²) in [6, 6.07) is 25.2. The van der Waals surface area contributed by atoms with Crippen LogP contribution in [0.25, 0.3) is 0 Å². The highest BCUT2D eigenvalue weighted by Gasteiger charge is 2.60. The predicted molar refractivity (Wildman–Crippen MR) is 111 cm³/mol. The maximum absolute atomic E-state index is 13.1. The van der Waals surface area contributed by atoms with Crippen molar-refractivity contribution in [3.63, 3.8) is 0 Å². The highest BCUT2D eigenvalue weighted by Crippen LogP contribution is 2.59. The fourth-order valence-electron chi connectivity index (χ4n) is 4.18. The Hall–Kier alpha value is -2.87. The van der Waals surface area contributed by atoms with Crippen LogP contribution in [0.5, 0.6) is 0 Å². The van der Waals surface area contributed by atoms with Gasteiger partial charge < -0.3 is 5.32 Å². The molecule has 0 aromatic heterocycles. The quantitative estimate of drug-likeness (QED) is 0.652. The van der Waals surface area contributed by atoms with E-state index < -0.39 is 0 Å². The van der Waals surface area contributed by atoms with E-state index in [4.69, 9.17) is 0 Å². The largest absolute Gasteiger partial charge is 0.326 e. The molecule has 0 saturated heterocycles. The summed E-state index contributed by atoms with van der Waals surface area (Å²) in [6.45, 7) is 6.26.